The van der Waals surface area contributed by atoms with Crippen molar-refractivity contribution in [2.24, 2.45) is 4.99 Å². The molecule has 0 saturated carbocycles. The van der Waals surface area contributed by atoms with Gasteiger partial charge in [0, 0.05) is 52.4 Å². The summed E-state index contributed by atoms with van der Waals surface area (Å²) in [6.45, 7) is 7.15. The summed E-state index contributed by atoms with van der Waals surface area (Å²) in [6.07, 6.45) is 1.56. The molecule has 26 heavy (non-hydrogen) atoms. The van der Waals surface area contributed by atoms with Gasteiger partial charge in [0.2, 0.25) is 5.91 Å². The Morgan fingerprint density at radius 2 is 1.92 bits per heavy atom. The minimum atomic E-state index is 0. The lowest BCUT2D eigenvalue weighted by Gasteiger charge is -2.37. The average molecular weight is 478 g/mol. The Balaban J connectivity index is 0.00000243. The molecule has 1 amide bonds. The molecule has 1 aromatic rings. The van der Waals surface area contributed by atoms with Crippen molar-refractivity contribution in [1.29, 1.82) is 0 Å². The molecule has 146 valence electrons. The molecule has 9 nitrogen and oxygen atoms in total. The van der Waals surface area contributed by atoms with E-state index in [1.54, 1.807) is 13.3 Å². The Labute approximate surface area is 170 Å². The van der Waals surface area contributed by atoms with E-state index >= 15 is 0 Å². The molecule has 0 radical (unpaired) electrons. The summed E-state index contributed by atoms with van der Waals surface area (Å²) in [5.74, 6) is 1.05. The Kier molecular flexibility index (Phi) is 8.59. The number of amides is 1. The van der Waals surface area contributed by atoms with Crippen LogP contribution in [-0.4, -0.2) is 97.8 Å². The van der Waals surface area contributed by atoms with Gasteiger partial charge in [-0.25, -0.2) is 0 Å². The van der Waals surface area contributed by atoms with E-state index in [1.165, 1.54) is 0 Å². The third-order valence-electron chi connectivity index (χ3n) is 4.53. The topological polar surface area (TPSA) is 86.4 Å². The molecule has 0 aliphatic carbocycles. The van der Waals surface area contributed by atoms with Crippen molar-refractivity contribution in [2.45, 2.75) is 6.54 Å². The van der Waals surface area contributed by atoms with E-state index in [1.807, 2.05) is 11.0 Å². The number of rotatable bonds is 4. The van der Waals surface area contributed by atoms with Gasteiger partial charge in [-0.2, -0.15) is 0 Å². The molecule has 2 saturated heterocycles. The van der Waals surface area contributed by atoms with Gasteiger partial charge in [0.05, 0.1) is 26.3 Å². The second-order valence-electron chi connectivity index (χ2n) is 6.15. The normalized spacial score (nSPS) is 19.2. The van der Waals surface area contributed by atoms with Crippen molar-refractivity contribution in [3.63, 3.8) is 0 Å². The summed E-state index contributed by atoms with van der Waals surface area (Å²) in [7, 11) is 1.78. The molecule has 2 aliphatic heterocycles. The first-order chi connectivity index (χ1) is 12.3. The molecule has 0 bridgehead atoms. The minimum absolute atomic E-state index is 0. The Hall–Kier alpha value is -1.40. The van der Waals surface area contributed by atoms with Crippen molar-refractivity contribution < 1.29 is 14.1 Å². The van der Waals surface area contributed by atoms with Crippen LogP contribution in [0.15, 0.2) is 21.8 Å². The van der Waals surface area contributed by atoms with Gasteiger partial charge in [-0.1, -0.05) is 5.16 Å². The summed E-state index contributed by atoms with van der Waals surface area (Å²) >= 11 is 0. The maximum absolute atomic E-state index is 12.3. The summed E-state index contributed by atoms with van der Waals surface area (Å²) in [5, 5.41) is 7.18. The van der Waals surface area contributed by atoms with E-state index in [4.69, 9.17) is 9.26 Å². The predicted molar refractivity (Wildman–Crippen MR) is 108 cm³/mol. The first-order valence-corrected chi connectivity index (χ1v) is 8.69. The molecule has 0 atom stereocenters. The van der Waals surface area contributed by atoms with E-state index in [0.29, 0.717) is 39.4 Å². The highest BCUT2D eigenvalue weighted by Crippen LogP contribution is 2.05. The number of nitrogens with zero attached hydrogens (tertiary/aromatic N) is 5. The van der Waals surface area contributed by atoms with Gasteiger partial charge in [-0.05, 0) is 0 Å². The van der Waals surface area contributed by atoms with Crippen LogP contribution in [0.3, 0.4) is 0 Å². The third-order valence-corrected chi connectivity index (χ3v) is 4.53. The highest BCUT2D eigenvalue weighted by molar-refractivity contribution is 14.0. The lowest BCUT2D eigenvalue weighted by Crippen LogP contribution is -2.54. The fourth-order valence-electron chi connectivity index (χ4n) is 3.05. The zero-order valence-electron chi connectivity index (χ0n) is 15.1. The third kappa shape index (κ3) is 5.81. The number of carbonyl (C=O) groups excluding carboxylic acids is 1. The van der Waals surface area contributed by atoms with Crippen molar-refractivity contribution in [1.82, 2.24) is 25.2 Å². The standard InChI is InChI=1S/C16H26N6O3.HI/c1-17-16(18-12-14-2-9-25-19-14)22-5-3-20(4-6-22)13-15(23)21-7-10-24-11-8-21;/h2,9H,3-8,10-13H2,1H3,(H,17,18);1H. The smallest absolute Gasteiger partial charge is 0.236 e. The average Bonchev–Trinajstić information content (AvgIpc) is 3.18. The van der Waals surface area contributed by atoms with E-state index in [-0.39, 0.29) is 29.9 Å². The SMILES string of the molecule is CN=C(NCc1ccon1)N1CCN(CC(=O)N2CCOCC2)CC1.I. The van der Waals surface area contributed by atoms with Gasteiger partial charge in [-0.3, -0.25) is 14.7 Å². The number of nitrogens with one attached hydrogen (secondary N) is 1. The number of ether oxygens (including phenoxy) is 1. The molecule has 0 unspecified atom stereocenters. The molecule has 3 heterocycles. The molecule has 2 aliphatic rings. The van der Waals surface area contributed by atoms with Gasteiger partial charge in [0.15, 0.2) is 5.96 Å². The largest absolute Gasteiger partial charge is 0.378 e. The van der Waals surface area contributed by atoms with Crippen LogP contribution in [0.5, 0.6) is 0 Å². The van der Waals surface area contributed by atoms with Crippen LogP contribution < -0.4 is 5.32 Å². The number of aliphatic imine (C=N–C) groups is 1. The summed E-state index contributed by atoms with van der Waals surface area (Å²) in [5.41, 5.74) is 0.843. The minimum Gasteiger partial charge on any atom is -0.378 e. The second-order valence-corrected chi connectivity index (χ2v) is 6.15. The van der Waals surface area contributed by atoms with Crippen LogP contribution in [0, 0.1) is 0 Å². The second kappa shape index (κ2) is 10.7. The fraction of sp³-hybridized carbons (Fsp3) is 0.688. The molecule has 10 heteroatoms. The molecule has 1 N–H and O–H groups in total. The van der Waals surface area contributed by atoms with E-state index in [2.05, 4.69) is 25.3 Å². The molecular formula is C16H27IN6O3. The van der Waals surface area contributed by atoms with E-state index < -0.39 is 0 Å². The Morgan fingerprint density at radius 3 is 2.54 bits per heavy atom. The first kappa shape index (κ1) is 20.9. The van der Waals surface area contributed by atoms with Gasteiger partial charge in [0.25, 0.3) is 0 Å². The molecule has 0 aromatic carbocycles. The van der Waals surface area contributed by atoms with Crippen molar-refractivity contribution in [2.75, 3.05) is 66.1 Å². The highest BCUT2D eigenvalue weighted by atomic mass is 127. The maximum Gasteiger partial charge on any atom is 0.236 e. The van der Waals surface area contributed by atoms with Crippen LogP contribution in [0.2, 0.25) is 0 Å². The van der Waals surface area contributed by atoms with Gasteiger partial charge < -0.3 is 24.4 Å². The zero-order valence-corrected chi connectivity index (χ0v) is 17.4. The Bertz CT molecular complexity index is 569. The van der Waals surface area contributed by atoms with Gasteiger partial charge >= 0.3 is 0 Å². The molecular weight excluding hydrogens is 451 g/mol. The number of carbonyl (C=O) groups is 1. The van der Waals surface area contributed by atoms with Crippen LogP contribution in [-0.2, 0) is 16.1 Å². The number of aromatic nitrogens is 1. The van der Waals surface area contributed by atoms with Gasteiger partial charge in [-0.15, -0.1) is 24.0 Å². The summed E-state index contributed by atoms with van der Waals surface area (Å²) in [6, 6.07) is 1.83. The zero-order chi connectivity index (χ0) is 17.5. The molecule has 2 fully saturated rings. The molecule has 3 rings (SSSR count). The number of hydrogen-bond donors (Lipinski definition) is 1. The quantitative estimate of drug-likeness (QED) is 0.366. The summed E-state index contributed by atoms with van der Waals surface area (Å²) < 4.78 is 10.1. The van der Waals surface area contributed by atoms with E-state index in [0.717, 1.165) is 37.8 Å². The maximum atomic E-state index is 12.3. The number of hydrogen-bond acceptors (Lipinski definition) is 6. The lowest BCUT2D eigenvalue weighted by atomic mass is 10.3. The van der Waals surface area contributed by atoms with Crippen molar-refractivity contribution in [3.05, 3.63) is 18.0 Å². The van der Waals surface area contributed by atoms with Gasteiger partial charge in [0.1, 0.15) is 12.0 Å². The molecule has 0 spiro atoms. The number of piperazine rings is 1. The number of guanidine groups is 1. The van der Waals surface area contributed by atoms with Crippen molar-refractivity contribution in [3.8, 4) is 0 Å². The van der Waals surface area contributed by atoms with E-state index in [9.17, 15) is 4.79 Å². The van der Waals surface area contributed by atoms with Crippen LogP contribution in [0.25, 0.3) is 0 Å². The van der Waals surface area contributed by atoms with Crippen LogP contribution in [0.1, 0.15) is 5.69 Å². The number of halogens is 1. The predicted octanol–water partition coefficient (Wildman–Crippen LogP) is -0.156. The first-order valence-electron chi connectivity index (χ1n) is 8.69. The van der Waals surface area contributed by atoms with Crippen LogP contribution >= 0.6 is 24.0 Å². The lowest BCUT2D eigenvalue weighted by molar-refractivity contribution is -0.136. The summed E-state index contributed by atoms with van der Waals surface area (Å²) in [4.78, 5) is 23.0. The monoisotopic (exact) mass is 478 g/mol. The molecule has 1 aromatic heterocycles. The van der Waals surface area contributed by atoms with Crippen LogP contribution in [0.4, 0.5) is 0 Å². The Morgan fingerprint density at radius 1 is 1.19 bits per heavy atom. The number of morpholine rings is 1. The van der Waals surface area contributed by atoms with Crippen molar-refractivity contribution >= 4 is 35.8 Å². The highest BCUT2D eigenvalue weighted by Gasteiger charge is 2.24. The fourth-order valence-corrected chi connectivity index (χ4v) is 3.05.